The third-order valence-electron chi connectivity index (χ3n) is 6.87. The van der Waals surface area contributed by atoms with Gasteiger partial charge in [0.2, 0.25) is 0 Å². The van der Waals surface area contributed by atoms with Crippen molar-refractivity contribution in [2.24, 2.45) is 0 Å². The molecule has 0 aliphatic carbocycles. The summed E-state index contributed by atoms with van der Waals surface area (Å²) in [5.41, 5.74) is 3.86. The zero-order valence-corrected chi connectivity index (χ0v) is 21.8. The first-order valence-electron chi connectivity index (χ1n) is 12.4. The SMILES string of the molecule is COc1ccc(C[N+]2(CC(O)COc3ccc(C(C)(C)C)cc3C(C)(C)C)CCCC2)cc1. The van der Waals surface area contributed by atoms with Gasteiger partial charge in [-0.1, -0.05) is 53.7 Å². The number of likely N-dealkylation sites (tertiary alicyclic amines) is 1. The molecule has 1 unspecified atom stereocenters. The molecule has 0 spiro atoms. The molecule has 3 rings (SSSR count). The van der Waals surface area contributed by atoms with Crippen LogP contribution in [0.25, 0.3) is 0 Å². The van der Waals surface area contributed by atoms with E-state index in [1.165, 1.54) is 29.5 Å². The van der Waals surface area contributed by atoms with Crippen molar-refractivity contribution < 1.29 is 19.1 Å². The Bertz CT molecular complexity index is 900. The minimum Gasteiger partial charge on any atom is -0.497 e. The summed E-state index contributed by atoms with van der Waals surface area (Å²) < 4.78 is 12.5. The fourth-order valence-corrected chi connectivity index (χ4v) is 4.92. The zero-order valence-electron chi connectivity index (χ0n) is 21.8. The Hall–Kier alpha value is -2.04. The molecule has 1 atom stereocenters. The van der Waals surface area contributed by atoms with Crippen LogP contribution in [-0.4, -0.2) is 49.0 Å². The van der Waals surface area contributed by atoms with Gasteiger partial charge in [-0.2, -0.15) is 0 Å². The quantitative estimate of drug-likeness (QED) is 0.509. The molecule has 182 valence electrons. The first-order valence-corrected chi connectivity index (χ1v) is 12.4. The van der Waals surface area contributed by atoms with Crippen LogP contribution < -0.4 is 9.47 Å². The Morgan fingerprint density at radius 3 is 2.09 bits per heavy atom. The number of rotatable bonds is 8. The number of aliphatic hydroxyl groups is 1. The lowest BCUT2D eigenvalue weighted by atomic mass is 9.80. The molecule has 4 nitrogen and oxygen atoms in total. The third-order valence-corrected chi connectivity index (χ3v) is 6.87. The average molecular weight is 455 g/mol. The molecular formula is C29H44NO3+. The van der Waals surface area contributed by atoms with Crippen LogP contribution >= 0.6 is 0 Å². The minimum atomic E-state index is -0.503. The summed E-state index contributed by atoms with van der Waals surface area (Å²) in [6, 6.07) is 14.9. The Morgan fingerprint density at radius 2 is 1.55 bits per heavy atom. The maximum absolute atomic E-state index is 11.0. The van der Waals surface area contributed by atoms with Crippen molar-refractivity contribution in [2.75, 3.05) is 33.4 Å². The second-order valence-corrected chi connectivity index (χ2v) is 11.9. The summed E-state index contributed by atoms with van der Waals surface area (Å²) in [7, 11) is 1.70. The highest BCUT2D eigenvalue weighted by atomic mass is 16.5. The van der Waals surface area contributed by atoms with Crippen LogP contribution in [0.4, 0.5) is 0 Å². The number of aliphatic hydroxyl groups excluding tert-OH is 1. The van der Waals surface area contributed by atoms with E-state index < -0.39 is 6.10 Å². The van der Waals surface area contributed by atoms with Gasteiger partial charge in [-0.3, -0.25) is 0 Å². The molecule has 0 saturated carbocycles. The fraction of sp³-hybridized carbons (Fsp3) is 0.586. The summed E-state index contributed by atoms with van der Waals surface area (Å²) in [5, 5.41) is 11.0. The van der Waals surface area contributed by atoms with Gasteiger partial charge in [0, 0.05) is 18.4 Å². The zero-order chi connectivity index (χ0) is 24.3. The van der Waals surface area contributed by atoms with E-state index in [0.717, 1.165) is 42.2 Å². The standard InChI is InChI=1S/C29H44NO3/c1-28(2,3)23-12-15-27(26(18-23)29(4,5)6)33-21-24(31)20-30(16-8-9-17-30)19-22-10-13-25(32-7)14-11-22/h10-15,18,24,31H,8-9,16-17,19-21H2,1-7H3/q+1. The van der Waals surface area contributed by atoms with E-state index in [2.05, 4.69) is 71.9 Å². The summed E-state index contributed by atoms with van der Waals surface area (Å²) in [4.78, 5) is 0. The van der Waals surface area contributed by atoms with Crippen molar-refractivity contribution in [1.82, 2.24) is 0 Å². The molecule has 1 aliphatic heterocycles. The summed E-state index contributed by atoms with van der Waals surface area (Å²) in [6.07, 6.45) is 1.93. The molecule has 33 heavy (non-hydrogen) atoms. The van der Waals surface area contributed by atoms with Crippen molar-refractivity contribution in [3.63, 3.8) is 0 Å². The Morgan fingerprint density at radius 1 is 0.909 bits per heavy atom. The lowest BCUT2D eigenvalue weighted by Gasteiger charge is -2.36. The molecule has 1 N–H and O–H groups in total. The number of benzene rings is 2. The van der Waals surface area contributed by atoms with Gasteiger partial charge in [-0.15, -0.1) is 0 Å². The number of hydrogen-bond donors (Lipinski definition) is 1. The van der Waals surface area contributed by atoms with Gasteiger partial charge in [-0.05, 0) is 52.3 Å². The fourth-order valence-electron chi connectivity index (χ4n) is 4.92. The topological polar surface area (TPSA) is 38.7 Å². The molecule has 4 heteroatoms. The van der Waals surface area contributed by atoms with Gasteiger partial charge in [0.15, 0.2) is 0 Å². The van der Waals surface area contributed by atoms with Crippen LogP contribution in [0.3, 0.4) is 0 Å². The number of nitrogens with zero attached hydrogens (tertiary/aromatic N) is 1. The van der Waals surface area contributed by atoms with E-state index >= 15 is 0 Å². The Kier molecular flexibility index (Phi) is 7.80. The molecule has 2 aromatic rings. The smallest absolute Gasteiger partial charge is 0.137 e. The van der Waals surface area contributed by atoms with E-state index in [1.807, 2.05) is 12.1 Å². The highest BCUT2D eigenvalue weighted by molar-refractivity contribution is 5.43. The first kappa shape index (κ1) is 25.6. The molecule has 1 fully saturated rings. The summed E-state index contributed by atoms with van der Waals surface area (Å²) in [5.74, 6) is 1.77. The Labute approximate surface area is 201 Å². The van der Waals surface area contributed by atoms with Gasteiger partial charge < -0.3 is 19.1 Å². The van der Waals surface area contributed by atoms with E-state index in [9.17, 15) is 5.11 Å². The second kappa shape index (κ2) is 10.1. The van der Waals surface area contributed by atoms with Crippen LogP contribution in [0.5, 0.6) is 11.5 Å². The maximum atomic E-state index is 11.0. The molecular weight excluding hydrogens is 410 g/mol. The Balaban J connectivity index is 1.69. The van der Waals surface area contributed by atoms with Crippen LogP contribution in [0.2, 0.25) is 0 Å². The molecule has 0 aromatic heterocycles. The summed E-state index contributed by atoms with van der Waals surface area (Å²) >= 11 is 0. The highest BCUT2D eigenvalue weighted by Gasteiger charge is 2.35. The lowest BCUT2D eigenvalue weighted by Crippen LogP contribution is -2.50. The van der Waals surface area contributed by atoms with Gasteiger partial charge >= 0.3 is 0 Å². The van der Waals surface area contributed by atoms with Gasteiger partial charge in [0.1, 0.15) is 37.3 Å². The van der Waals surface area contributed by atoms with Crippen molar-refractivity contribution in [3.05, 3.63) is 59.2 Å². The first-order chi connectivity index (χ1) is 15.4. The lowest BCUT2D eigenvalue weighted by molar-refractivity contribution is -0.932. The van der Waals surface area contributed by atoms with Crippen molar-refractivity contribution in [3.8, 4) is 11.5 Å². The van der Waals surface area contributed by atoms with Crippen LogP contribution in [0.1, 0.15) is 71.1 Å². The van der Waals surface area contributed by atoms with Gasteiger partial charge in [0.05, 0.1) is 20.2 Å². The average Bonchev–Trinajstić information content (AvgIpc) is 3.19. The third kappa shape index (κ3) is 6.74. The van der Waals surface area contributed by atoms with Crippen LogP contribution in [-0.2, 0) is 17.4 Å². The van der Waals surface area contributed by atoms with Crippen molar-refractivity contribution in [1.29, 1.82) is 0 Å². The van der Waals surface area contributed by atoms with E-state index in [-0.39, 0.29) is 10.8 Å². The maximum Gasteiger partial charge on any atom is 0.137 e. The van der Waals surface area contributed by atoms with E-state index in [4.69, 9.17) is 9.47 Å². The molecule has 0 radical (unpaired) electrons. The minimum absolute atomic E-state index is 0.0291. The number of methoxy groups -OCH3 is 1. The van der Waals surface area contributed by atoms with Gasteiger partial charge in [0.25, 0.3) is 0 Å². The number of hydrogen-bond acceptors (Lipinski definition) is 3. The molecule has 1 heterocycles. The predicted molar refractivity (Wildman–Crippen MR) is 136 cm³/mol. The molecule has 1 aliphatic rings. The summed E-state index contributed by atoms with van der Waals surface area (Å²) in [6.45, 7) is 17.6. The molecule has 1 saturated heterocycles. The van der Waals surface area contributed by atoms with Crippen molar-refractivity contribution in [2.45, 2.75) is 77.9 Å². The van der Waals surface area contributed by atoms with Gasteiger partial charge in [-0.25, -0.2) is 0 Å². The normalized spacial score (nSPS) is 17.1. The van der Waals surface area contributed by atoms with Crippen LogP contribution in [0.15, 0.2) is 42.5 Å². The van der Waals surface area contributed by atoms with E-state index in [1.54, 1.807) is 7.11 Å². The highest BCUT2D eigenvalue weighted by Crippen LogP contribution is 2.35. The largest absolute Gasteiger partial charge is 0.497 e. The monoisotopic (exact) mass is 454 g/mol. The molecule has 0 amide bonds. The predicted octanol–water partition coefficient (Wildman–Crippen LogP) is 5.84. The van der Waals surface area contributed by atoms with Crippen molar-refractivity contribution >= 4 is 0 Å². The molecule has 2 aromatic carbocycles. The molecule has 0 bridgehead atoms. The number of ether oxygens (including phenoxy) is 2. The van der Waals surface area contributed by atoms with Crippen LogP contribution in [0, 0.1) is 0 Å². The second-order valence-electron chi connectivity index (χ2n) is 11.9. The number of quaternary nitrogens is 1. The van der Waals surface area contributed by atoms with E-state index in [0.29, 0.717) is 6.61 Å².